The van der Waals surface area contributed by atoms with Crippen LogP contribution in [-0.4, -0.2) is 17.6 Å². The number of rotatable bonds is 0. The highest BCUT2D eigenvalue weighted by molar-refractivity contribution is 6.46. The smallest absolute Gasteiger partial charge is 0.288 e. The first-order valence-electron chi connectivity index (χ1n) is 2.02. The van der Waals surface area contributed by atoms with E-state index in [1.807, 2.05) is 0 Å². The highest BCUT2D eigenvalue weighted by Gasteiger charge is 2.29. The summed E-state index contributed by atoms with van der Waals surface area (Å²) in [5, 5.41) is 2.84. The van der Waals surface area contributed by atoms with E-state index in [9.17, 15) is 14.4 Å². The molecule has 0 aromatic rings. The van der Waals surface area contributed by atoms with Gasteiger partial charge < -0.3 is 0 Å². The lowest BCUT2D eigenvalue weighted by Gasteiger charge is -1.72. The van der Waals surface area contributed by atoms with E-state index in [2.05, 4.69) is 5.32 Å². The second-order valence-corrected chi connectivity index (χ2v) is 1.41. The van der Waals surface area contributed by atoms with E-state index in [0.29, 0.717) is 0 Å². The number of hydrogen-bond donors (Lipinski definition) is 0. The molecule has 1 saturated heterocycles. The summed E-state index contributed by atoms with van der Waals surface area (Å²) in [6.45, 7) is 0. The molecular formula is C4H2NO3. The number of ketones is 1. The number of nitrogens with zero attached hydrogens (tertiary/aromatic N) is 1. The molecule has 4 heteroatoms. The summed E-state index contributed by atoms with van der Waals surface area (Å²) in [5.74, 6) is -2.23. The third-order valence-corrected chi connectivity index (χ3v) is 0.777. The number of imide groups is 1. The Morgan fingerprint density at radius 3 is 2.00 bits per heavy atom. The summed E-state index contributed by atoms with van der Waals surface area (Å²) in [4.78, 5) is 30.2. The Labute approximate surface area is 44.9 Å². The van der Waals surface area contributed by atoms with Crippen LogP contribution in [0.1, 0.15) is 6.42 Å². The molecule has 0 spiro atoms. The van der Waals surface area contributed by atoms with Crippen molar-refractivity contribution in [3.63, 3.8) is 0 Å². The lowest BCUT2D eigenvalue weighted by atomic mass is 10.3. The van der Waals surface area contributed by atoms with Crippen LogP contribution in [0.2, 0.25) is 0 Å². The van der Waals surface area contributed by atoms with Crippen molar-refractivity contribution < 1.29 is 14.4 Å². The molecule has 1 radical (unpaired) electrons. The Morgan fingerprint density at radius 2 is 1.88 bits per heavy atom. The van der Waals surface area contributed by atoms with Gasteiger partial charge in [-0.05, 0) is 0 Å². The maximum Gasteiger partial charge on any atom is 0.316 e. The quantitative estimate of drug-likeness (QED) is 0.220. The number of Topliss-reactive ketones (excluding diaryl/α,β-unsaturated/α-hetero) is 1. The number of hydrogen-bond acceptors (Lipinski definition) is 3. The third-order valence-electron chi connectivity index (χ3n) is 0.777. The number of carbonyl (C=O) groups excluding carboxylic acids is 3. The fourth-order valence-electron chi connectivity index (χ4n) is 0.428. The Balaban J connectivity index is 2.79. The van der Waals surface area contributed by atoms with Crippen molar-refractivity contribution >= 4 is 17.6 Å². The monoisotopic (exact) mass is 112 g/mol. The molecule has 1 fully saturated rings. The van der Waals surface area contributed by atoms with Gasteiger partial charge in [-0.15, -0.1) is 0 Å². The molecule has 2 amide bonds. The van der Waals surface area contributed by atoms with Gasteiger partial charge in [0, 0.05) is 0 Å². The molecule has 0 saturated carbocycles. The summed E-state index contributed by atoms with van der Waals surface area (Å²) in [6, 6.07) is 0. The van der Waals surface area contributed by atoms with E-state index >= 15 is 0 Å². The van der Waals surface area contributed by atoms with Gasteiger partial charge in [-0.25, -0.2) is 0 Å². The van der Waals surface area contributed by atoms with Crippen LogP contribution >= 0.6 is 0 Å². The molecule has 41 valence electrons. The van der Waals surface area contributed by atoms with Gasteiger partial charge in [-0.2, -0.15) is 5.32 Å². The molecular weight excluding hydrogens is 110 g/mol. The summed E-state index contributed by atoms with van der Waals surface area (Å²) in [7, 11) is 0. The maximum absolute atomic E-state index is 10.1. The molecule has 0 aliphatic carbocycles. The fraction of sp³-hybridized carbons (Fsp3) is 0.250. The SMILES string of the molecule is O=C1CC(=O)C(=O)[N]1. The highest BCUT2D eigenvalue weighted by Crippen LogP contribution is 1.94. The van der Waals surface area contributed by atoms with E-state index in [0.717, 1.165) is 0 Å². The molecule has 0 unspecified atom stereocenters. The van der Waals surface area contributed by atoms with Crippen LogP contribution in [0.25, 0.3) is 0 Å². The minimum Gasteiger partial charge on any atom is -0.288 e. The van der Waals surface area contributed by atoms with Gasteiger partial charge in [0.25, 0.3) is 5.91 Å². The first kappa shape index (κ1) is 4.96. The molecule has 0 N–H and O–H groups in total. The third kappa shape index (κ3) is 0.598. The zero-order chi connectivity index (χ0) is 6.15. The van der Waals surface area contributed by atoms with Gasteiger partial charge >= 0.3 is 5.91 Å². The Hall–Kier alpha value is -1.19. The summed E-state index contributed by atoms with van der Waals surface area (Å²) < 4.78 is 0. The van der Waals surface area contributed by atoms with Gasteiger partial charge in [0.2, 0.25) is 5.78 Å². The van der Waals surface area contributed by atoms with Crippen LogP contribution in [0.5, 0.6) is 0 Å². The van der Waals surface area contributed by atoms with E-state index in [4.69, 9.17) is 0 Å². The maximum atomic E-state index is 10.1. The minimum absolute atomic E-state index is 0.334. The normalized spacial score (nSPS) is 19.2. The summed E-state index contributed by atoms with van der Waals surface area (Å²) >= 11 is 0. The minimum atomic E-state index is -0.907. The van der Waals surface area contributed by atoms with Gasteiger partial charge in [0.15, 0.2) is 0 Å². The predicted molar refractivity (Wildman–Crippen MR) is 21.8 cm³/mol. The molecule has 0 atom stereocenters. The summed E-state index contributed by atoms with van der Waals surface area (Å²) in [6.07, 6.45) is -0.334. The molecule has 8 heavy (non-hydrogen) atoms. The molecule has 1 rings (SSSR count). The van der Waals surface area contributed by atoms with Gasteiger partial charge in [-0.1, -0.05) is 0 Å². The molecule has 1 aliphatic heterocycles. The van der Waals surface area contributed by atoms with Crippen LogP contribution in [0.15, 0.2) is 0 Å². The van der Waals surface area contributed by atoms with Crippen LogP contribution in [0, 0.1) is 0 Å². The van der Waals surface area contributed by atoms with Crippen molar-refractivity contribution in [2.45, 2.75) is 6.42 Å². The van der Waals surface area contributed by atoms with Crippen molar-refractivity contribution in [3.05, 3.63) is 0 Å². The zero-order valence-corrected chi connectivity index (χ0v) is 3.88. The van der Waals surface area contributed by atoms with Gasteiger partial charge in [0.05, 0.1) is 6.42 Å². The largest absolute Gasteiger partial charge is 0.316 e. The summed E-state index contributed by atoms with van der Waals surface area (Å²) in [5.41, 5.74) is 0. The molecule has 0 aromatic heterocycles. The molecule has 0 bridgehead atoms. The second-order valence-electron chi connectivity index (χ2n) is 1.41. The second kappa shape index (κ2) is 1.40. The standard InChI is InChI=1S/C4H2NO3/c6-2-1-3(7)5-4(2)8/h1H2. The first-order chi connectivity index (χ1) is 3.70. The highest BCUT2D eigenvalue weighted by atomic mass is 16.2. The average Bonchev–Trinajstić information content (AvgIpc) is 1.85. The van der Waals surface area contributed by atoms with Crippen LogP contribution in [-0.2, 0) is 14.4 Å². The number of amides is 2. The Bertz CT molecular complexity index is 154. The van der Waals surface area contributed by atoms with Crippen molar-refractivity contribution in [3.8, 4) is 0 Å². The first-order valence-corrected chi connectivity index (χ1v) is 2.02. The van der Waals surface area contributed by atoms with Gasteiger partial charge in [-0.3, -0.25) is 14.4 Å². The van der Waals surface area contributed by atoms with Crippen LogP contribution < -0.4 is 5.32 Å². The predicted octanol–water partition coefficient (Wildman–Crippen LogP) is -1.38. The van der Waals surface area contributed by atoms with E-state index in [1.54, 1.807) is 0 Å². The zero-order valence-electron chi connectivity index (χ0n) is 3.88. The molecule has 1 heterocycles. The van der Waals surface area contributed by atoms with E-state index < -0.39 is 17.6 Å². The van der Waals surface area contributed by atoms with Gasteiger partial charge in [0.1, 0.15) is 0 Å². The van der Waals surface area contributed by atoms with Crippen LogP contribution in [0.4, 0.5) is 0 Å². The molecule has 4 nitrogen and oxygen atoms in total. The molecule has 1 aliphatic rings. The topological polar surface area (TPSA) is 65.3 Å². The van der Waals surface area contributed by atoms with Crippen molar-refractivity contribution in [1.29, 1.82) is 0 Å². The molecule has 0 aromatic carbocycles. The number of carbonyl (C=O) groups is 3. The van der Waals surface area contributed by atoms with Crippen LogP contribution in [0.3, 0.4) is 0 Å². The van der Waals surface area contributed by atoms with Crippen molar-refractivity contribution in [2.75, 3.05) is 0 Å². The van der Waals surface area contributed by atoms with Crippen molar-refractivity contribution in [2.24, 2.45) is 0 Å². The lowest BCUT2D eigenvalue weighted by Crippen LogP contribution is -2.13. The van der Waals surface area contributed by atoms with Crippen molar-refractivity contribution in [1.82, 2.24) is 5.32 Å². The van der Waals surface area contributed by atoms with E-state index in [1.165, 1.54) is 0 Å². The fourth-order valence-corrected chi connectivity index (χ4v) is 0.428. The lowest BCUT2D eigenvalue weighted by molar-refractivity contribution is -0.135. The van der Waals surface area contributed by atoms with E-state index in [-0.39, 0.29) is 6.42 Å². The Kier molecular flexibility index (Phi) is 0.865. The Morgan fingerprint density at radius 1 is 1.25 bits per heavy atom. The average molecular weight is 112 g/mol.